The van der Waals surface area contributed by atoms with Gasteiger partial charge in [-0.25, -0.2) is 15.0 Å². The summed E-state index contributed by atoms with van der Waals surface area (Å²) in [6.07, 6.45) is 2.94. The van der Waals surface area contributed by atoms with Crippen LogP contribution in [-0.4, -0.2) is 71.3 Å². The van der Waals surface area contributed by atoms with E-state index < -0.39 is 0 Å². The molecule has 0 aliphatic heterocycles. The van der Waals surface area contributed by atoms with Gasteiger partial charge in [-0.2, -0.15) is 0 Å². The number of hydrogen-bond donors (Lipinski definition) is 2. The second-order valence-electron chi connectivity index (χ2n) is 1.86. The van der Waals surface area contributed by atoms with Crippen molar-refractivity contribution in [3.8, 4) is 0 Å². The fourth-order valence-electron chi connectivity index (χ4n) is 0.783. The van der Waals surface area contributed by atoms with Crippen molar-refractivity contribution < 1.29 is 0 Å². The van der Waals surface area contributed by atoms with Crippen LogP contribution in [0.2, 0.25) is 0 Å². The van der Waals surface area contributed by atoms with Crippen LogP contribution < -0.4 is 5.73 Å². The predicted molar refractivity (Wildman–Crippen MR) is 43.2 cm³/mol. The number of rotatable bonds is 0. The molecule has 0 amide bonds. The van der Waals surface area contributed by atoms with Crippen LogP contribution in [0.3, 0.4) is 0 Å². The fraction of sp³-hybridized carbons (Fsp3) is 0. The SMILES string of the molecule is Nc1ncnc2[nH]cnc12.[KH]. The summed E-state index contributed by atoms with van der Waals surface area (Å²) in [7, 11) is 0. The third-order valence-electron chi connectivity index (χ3n) is 1.25. The summed E-state index contributed by atoms with van der Waals surface area (Å²) in [6.45, 7) is 0. The van der Waals surface area contributed by atoms with Gasteiger partial charge in [0, 0.05) is 0 Å². The molecule has 11 heavy (non-hydrogen) atoms. The first-order valence-corrected chi connectivity index (χ1v) is 2.77. The summed E-state index contributed by atoms with van der Waals surface area (Å²) in [4.78, 5) is 14.4. The molecule has 6 heteroatoms. The number of hydrogen-bond acceptors (Lipinski definition) is 4. The van der Waals surface area contributed by atoms with Crippen molar-refractivity contribution in [2.24, 2.45) is 0 Å². The normalized spacial score (nSPS) is 9.45. The molecular weight excluding hydrogens is 169 g/mol. The van der Waals surface area contributed by atoms with E-state index >= 15 is 0 Å². The first-order valence-electron chi connectivity index (χ1n) is 2.77. The molecule has 0 bridgehead atoms. The fourth-order valence-corrected chi connectivity index (χ4v) is 0.783. The molecule has 0 unspecified atom stereocenters. The Balaban J connectivity index is 0.000000605. The van der Waals surface area contributed by atoms with Crippen molar-refractivity contribution in [3.05, 3.63) is 12.7 Å². The number of fused-ring (bicyclic) bond motifs is 1. The van der Waals surface area contributed by atoms with Gasteiger partial charge in [0.25, 0.3) is 0 Å². The molecule has 2 aromatic rings. The van der Waals surface area contributed by atoms with Crippen LogP contribution in [0.4, 0.5) is 5.82 Å². The van der Waals surface area contributed by atoms with Crippen LogP contribution in [0.5, 0.6) is 0 Å². The summed E-state index contributed by atoms with van der Waals surface area (Å²) in [5, 5.41) is 0. The van der Waals surface area contributed by atoms with E-state index in [0.717, 1.165) is 0 Å². The summed E-state index contributed by atoms with van der Waals surface area (Å²) < 4.78 is 0. The van der Waals surface area contributed by atoms with Crippen LogP contribution in [-0.2, 0) is 0 Å². The number of nitrogens with two attached hydrogens (primary N) is 1. The minimum absolute atomic E-state index is 0. The molecule has 0 aliphatic rings. The number of aromatic nitrogens is 4. The standard InChI is InChI=1S/C5H5N5.K.H/c6-4-3-5(9-1-7-3)10-2-8-4;;/h1-2H,(H3,6,7,8,9,10);;. The number of nitrogen functional groups attached to an aromatic ring is 1. The zero-order valence-corrected chi connectivity index (χ0v) is 5.07. The summed E-state index contributed by atoms with van der Waals surface area (Å²) in [5.74, 6) is 0.409. The van der Waals surface area contributed by atoms with Gasteiger partial charge in [0.15, 0.2) is 11.5 Å². The number of anilines is 1. The maximum absolute atomic E-state index is 5.47. The van der Waals surface area contributed by atoms with Gasteiger partial charge < -0.3 is 10.7 Å². The molecule has 0 spiro atoms. The second kappa shape index (κ2) is 3.59. The topological polar surface area (TPSA) is 80.5 Å². The van der Waals surface area contributed by atoms with Crippen molar-refractivity contribution in [2.45, 2.75) is 0 Å². The van der Waals surface area contributed by atoms with Crippen molar-refractivity contribution in [2.75, 3.05) is 5.73 Å². The molecule has 0 fully saturated rings. The minimum atomic E-state index is 0. The Hall–Kier alpha value is -0.0136. The van der Waals surface area contributed by atoms with E-state index in [2.05, 4.69) is 19.9 Å². The molecule has 0 saturated heterocycles. The van der Waals surface area contributed by atoms with Crippen LogP contribution in [0.25, 0.3) is 11.2 Å². The molecule has 3 N–H and O–H groups in total. The van der Waals surface area contributed by atoms with Gasteiger partial charge >= 0.3 is 51.4 Å². The van der Waals surface area contributed by atoms with E-state index in [1.165, 1.54) is 12.7 Å². The third-order valence-corrected chi connectivity index (χ3v) is 1.25. The maximum atomic E-state index is 5.47. The Morgan fingerprint density at radius 3 is 2.82 bits per heavy atom. The Labute approximate surface area is 105 Å². The molecule has 2 heterocycles. The zero-order chi connectivity index (χ0) is 6.97. The third kappa shape index (κ3) is 1.59. The van der Waals surface area contributed by atoms with Crippen molar-refractivity contribution in [1.29, 1.82) is 0 Å². The van der Waals surface area contributed by atoms with E-state index in [0.29, 0.717) is 17.0 Å². The molecule has 0 atom stereocenters. The Morgan fingerprint density at radius 2 is 2.09 bits per heavy atom. The molecule has 0 aromatic carbocycles. The van der Waals surface area contributed by atoms with E-state index in [1.54, 1.807) is 0 Å². The predicted octanol–water partition coefficient (Wildman–Crippen LogP) is -0.713. The Bertz CT molecular complexity index is 356. The van der Waals surface area contributed by atoms with Crippen molar-refractivity contribution in [3.63, 3.8) is 0 Å². The van der Waals surface area contributed by atoms with Gasteiger partial charge in [0.2, 0.25) is 0 Å². The van der Waals surface area contributed by atoms with Crippen LogP contribution in [0, 0.1) is 0 Å². The monoisotopic (exact) mass is 175 g/mol. The Morgan fingerprint density at radius 1 is 1.27 bits per heavy atom. The van der Waals surface area contributed by atoms with Crippen LogP contribution >= 0.6 is 0 Å². The van der Waals surface area contributed by atoms with Gasteiger partial charge in [0.1, 0.15) is 11.8 Å². The van der Waals surface area contributed by atoms with Gasteiger partial charge in [0.05, 0.1) is 6.33 Å². The summed E-state index contributed by atoms with van der Waals surface area (Å²) in [5.41, 5.74) is 6.77. The molecule has 0 radical (unpaired) electrons. The van der Waals surface area contributed by atoms with Gasteiger partial charge in [-0.05, 0) is 0 Å². The molecular formula is C5H6KN5. The quantitative estimate of drug-likeness (QED) is 0.518. The van der Waals surface area contributed by atoms with Gasteiger partial charge in [-0.3, -0.25) is 0 Å². The van der Waals surface area contributed by atoms with Crippen molar-refractivity contribution in [1.82, 2.24) is 19.9 Å². The van der Waals surface area contributed by atoms with Gasteiger partial charge in [-0.1, -0.05) is 0 Å². The first kappa shape index (κ1) is 9.08. The molecule has 5 nitrogen and oxygen atoms in total. The number of H-pyrrole nitrogens is 1. The van der Waals surface area contributed by atoms with E-state index in [-0.39, 0.29) is 51.4 Å². The second-order valence-corrected chi connectivity index (χ2v) is 1.86. The first-order chi connectivity index (χ1) is 4.88. The number of imidazole rings is 1. The van der Waals surface area contributed by atoms with Crippen LogP contribution in [0.15, 0.2) is 12.7 Å². The Kier molecular flexibility index (Phi) is 2.96. The molecule has 0 aliphatic carbocycles. The molecule has 0 saturated carbocycles. The van der Waals surface area contributed by atoms with Crippen molar-refractivity contribution >= 4 is 68.4 Å². The average Bonchev–Trinajstić information content (AvgIpc) is 2.36. The zero-order valence-electron chi connectivity index (χ0n) is 5.07. The summed E-state index contributed by atoms with van der Waals surface area (Å²) in [6, 6.07) is 0. The van der Waals surface area contributed by atoms with Gasteiger partial charge in [-0.15, -0.1) is 0 Å². The van der Waals surface area contributed by atoms with E-state index in [1.807, 2.05) is 0 Å². The van der Waals surface area contributed by atoms with E-state index in [9.17, 15) is 0 Å². The molecule has 2 rings (SSSR count). The average molecular weight is 175 g/mol. The number of aromatic amines is 1. The molecule has 2 aromatic heterocycles. The van der Waals surface area contributed by atoms with E-state index in [4.69, 9.17) is 5.73 Å². The summed E-state index contributed by atoms with van der Waals surface area (Å²) >= 11 is 0. The number of nitrogens with one attached hydrogen (secondary N) is 1. The molecule has 52 valence electrons. The van der Waals surface area contributed by atoms with Crippen LogP contribution in [0.1, 0.15) is 0 Å². The number of nitrogens with zero attached hydrogens (tertiary/aromatic N) is 3.